The highest BCUT2D eigenvalue weighted by atomic mass is 16.6. The van der Waals surface area contributed by atoms with Crippen LogP contribution in [0, 0.1) is 0 Å². The molecule has 7 heteroatoms. The average Bonchev–Trinajstić information content (AvgIpc) is 2.44. The van der Waals surface area contributed by atoms with Crippen LogP contribution < -0.4 is 5.32 Å². The van der Waals surface area contributed by atoms with Crippen molar-refractivity contribution in [2.75, 3.05) is 0 Å². The number of azide groups is 1. The SMILES string of the molecule is C[C@@H](C[C@@H](O)[C@@H](NC(=O)OC(C)(C)C)c1ccccc1)N=[N+]=[N-]. The number of nitrogens with zero attached hydrogens (tertiary/aromatic N) is 3. The monoisotopic (exact) mass is 320 g/mol. The molecule has 23 heavy (non-hydrogen) atoms. The summed E-state index contributed by atoms with van der Waals surface area (Å²) in [5.74, 6) is 0. The predicted molar refractivity (Wildman–Crippen MR) is 87.8 cm³/mol. The third kappa shape index (κ3) is 7.04. The van der Waals surface area contributed by atoms with Gasteiger partial charge in [0.25, 0.3) is 0 Å². The quantitative estimate of drug-likeness (QED) is 0.474. The Morgan fingerprint density at radius 1 is 1.39 bits per heavy atom. The van der Waals surface area contributed by atoms with Gasteiger partial charge >= 0.3 is 6.09 Å². The van der Waals surface area contributed by atoms with Crippen LogP contribution in [0.3, 0.4) is 0 Å². The lowest BCUT2D eigenvalue weighted by Crippen LogP contribution is -2.40. The molecule has 7 nitrogen and oxygen atoms in total. The van der Waals surface area contributed by atoms with Gasteiger partial charge in [0.15, 0.2) is 0 Å². The van der Waals surface area contributed by atoms with Crippen molar-refractivity contribution in [2.24, 2.45) is 5.11 Å². The van der Waals surface area contributed by atoms with Crippen LogP contribution in [0.5, 0.6) is 0 Å². The number of hydrogen-bond donors (Lipinski definition) is 2. The molecule has 0 aliphatic rings. The van der Waals surface area contributed by atoms with Crippen LogP contribution in [-0.4, -0.2) is 28.9 Å². The molecule has 126 valence electrons. The topological polar surface area (TPSA) is 107 Å². The largest absolute Gasteiger partial charge is 0.444 e. The molecule has 0 aromatic heterocycles. The molecule has 0 saturated carbocycles. The molecule has 0 bridgehead atoms. The smallest absolute Gasteiger partial charge is 0.408 e. The van der Waals surface area contributed by atoms with Gasteiger partial charge in [0.05, 0.1) is 12.1 Å². The van der Waals surface area contributed by atoms with Crippen LogP contribution in [0.1, 0.15) is 45.7 Å². The van der Waals surface area contributed by atoms with E-state index >= 15 is 0 Å². The molecule has 1 amide bonds. The van der Waals surface area contributed by atoms with Gasteiger partial charge in [0.1, 0.15) is 5.60 Å². The van der Waals surface area contributed by atoms with Crippen molar-refractivity contribution >= 4 is 6.09 Å². The third-order valence-electron chi connectivity index (χ3n) is 3.05. The maximum Gasteiger partial charge on any atom is 0.408 e. The predicted octanol–water partition coefficient (Wildman–Crippen LogP) is 3.70. The summed E-state index contributed by atoms with van der Waals surface area (Å²) in [5.41, 5.74) is 8.58. The first-order valence-corrected chi connectivity index (χ1v) is 7.49. The lowest BCUT2D eigenvalue weighted by Gasteiger charge is -2.27. The van der Waals surface area contributed by atoms with E-state index in [-0.39, 0.29) is 12.5 Å². The Morgan fingerprint density at radius 3 is 2.52 bits per heavy atom. The van der Waals surface area contributed by atoms with Crippen LogP contribution in [0.2, 0.25) is 0 Å². The normalized spacial score (nSPS) is 15.0. The molecule has 1 aromatic rings. The Kier molecular flexibility index (Phi) is 6.88. The molecule has 0 aliphatic heterocycles. The number of amides is 1. The van der Waals surface area contributed by atoms with E-state index in [1.54, 1.807) is 27.7 Å². The number of carbonyl (C=O) groups excluding carboxylic acids is 1. The van der Waals surface area contributed by atoms with Crippen molar-refractivity contribution in [3.63, 3.8) is 0 Å². The van der Waals surface area contributed by atoms with Crippen LogP contribution in [0.25, 0.3) is 10.4 Å². The summed E-state index contributed by atoms with van der Waals surface area (Å²) in [7, 11) is 0. The second-order valence-electron chi connectivity index (χ2n) is 6.39. The molecule has 2 N–H and O–H groups in total. The molecule has 0 fully saturated rings. The minimum Gasteiger partial charge on any atom is -0.444 e. The van der Waals surface area contributed by atoms with E-state index in [1.807, 2.05) is 30.3 Å². The maximum absolute atomic E-state index is 12.0. The van der Waals surface area contributed by atoms with Gasteiger partial charge in [-0.3, -0.25) is 0 Å². The number of nitrogens with one attached hydrogen (secondary N) is 1. The number of ether oxygens (including phenoxy) is 1. The summed E-state index contributed by atoms with van der Waals surface area (Å²) in [6.45, 7) is 7.01. The molecule has 1 aromatic carbocycles. The lowest BCUT2D eigenvalue weighted by molar-refractivity contribution is 0.0405. The third-order valence-corrected chi connectivity index (χ3v) is 3.05. The van der Waals surface area contributed by atoms with Gasteiger partial charge in [-0.05, 0) is 38.3 Å². The number of rotatable bonds is 6. The van der Waals surface area contributed by atoms with Crippen molar-refractivity contribution in [2.45, 2.75) is 57.9 Å². The minimum atomic E-state index is -0.912. The fraction of sp³-hybridized carbons (Fsp3) is 0.562. The van der Waals surface area contributed by atoms with Gasteiger partial charge in [-0.15, -0.1) is 0 Å². The van der Waals surface area contributed by atoms with Crippen LogP contribution >= 0.6 is 0 Å². The van der Waals surface area contributed by atoms with Crippen molar-refractivity contribution in [3.05, 3.63) is 46.3 Å². The summed E-state index contributed by atoms with van der Waals surface area (Å²) < 4.78 is 5.25. The first-order chi connectivity index (χ1) is 10.7. The first kappa shape index (κ1) is 18.8. The second-order valence-corrected chi connectivity index (χ2v) is 6.39. The summed E-state index contributed by atoms with van der Waals surface area (Å²) in [5, 5.41) is 16.7. The van der Waals surface area contributed by atoms with E-state index in [0.29, 0.717) is 0 Å². The van der Waals surface area contributed by atoms with E-state index < -0.39 is 23.8 Å². The van der Waals surface area contributed by atoms with Gasteiger partial charge in [-0.2, -0.15) is 0 Å². The maximum atomic E-state index is 12.0. The zero-order chi connectivity index (χ0) is 17.5. The molecular formula is C16H24N4O3. The highest BCUT2D eigenvalue weighted by Gasteiger charge is 2.26. The van der Waals surface area contributed by atoms with Crippen molar-refractivity contribution < 1.29 is 14.6 Å². The number of alkyl carbamates (subject to hydrolysis) is 1. The van der Waals surface area contributed by atoms with Crippen LogP contribution in [0.4, 0.5) is 4.79 Å². The molecule has 0 saturated heterocycles. The summed E-state index contributed by atoms with van der Waals surface area (Å²) in [6.07, 6.45) is -1.30. The number of carbonyl (C=O) groups is 1. The van der Waals surface area contributed by atoms with Crippen LogP contribution in [-0.2, 0) is 4.74 Å². The Hall–Kier alpha value is -2.24. The Balaban J connectivity index is 2.89. The van der Waals surface area contributed by atoms with Gasteiger partial charge in [0, 0.05) is 11.0 Å². The molecule has 0 radical (unpaired) electrons. The highest BCUT2D eigenvalue weighted by molar-refractivity contribution is 5.68. The van der Waals surface area contributed by atoms with E-state index in [1.165, 1.54) is 0 Å². The number of hydrogen-bond acceptors (Lipinski definition) is 4. The number of aliphatic hydroxyl groups is 1. The molecule has 0 spiro atoms. The van der Waals surface area contributed by atoms with Crippen molar-refractivity contribution in [3.8, 4) is 0 Å². The molecule has 0 heterocycles. The fourth-order valence-corrected chi connectivity index (χ4v) is 2.12. The highest BCUT2D eigenvalue weighted by Crippen LogP contribution is 2.22. The zero-order valence-corrected chi connectivity index (χ0v) is 13.9. The van der Waals surface area contributed by atoms with E-state index in [0.717, 1.165) is 5.56 Å². The minimum absolute atomic E-state index is 0.222. The fourth-order valence-electron chi connectivity index (χ4n) is 2.12. The summed E-state index contributed by atoms with van der Waals surface area (Å²) >= 11 is 0. The van der Waals surface area contributed by atoms with Crippen molar-refractivity contribution in [1.29, 1.82) is 0 Å². The average molecular weight is 320 g/mol. The standard InChI is InChI=1S/C16H24N4O3/c1-11(19-20-17)10-13(21)14(12-8-6-5-7-9-12)18-15(22)23-16(2,3)4/h5-9,11,13-14,21H,10H2,1-4H3,(H,18,22)/t11-,13+,14-/m0/s1. The first-order valence-electron chi connectivity index (χ1n) is 7.49. The molecule has 3 atom stereocenters. The molecule has 0 aliphatic carbocycles. The van der Waals surface area contributed by atoms with Crippen LogP contribution in [0.15, 0.2) is 35.4 Å². The molecular weight excluding hydrogens is 296 g/mol. The Labute approximate surface area is 136 Å². The summed E-state index contributed by atoms with van der Waals surface area (Å²) in [6, 6.07) is 8.07. The van der Waals surface area contributed by atoms with Gasteiger partial charge in [-0.1, -0.05) is 42.4 Å². The van der Waals surface area contributed by atoms with Gasteiger partial charge < -0.3 is 15.2 Å². The summed E-state index contributed by atoms with van der Waals surface area (Å²) in [4.78, 5) is 14.8. The van der Waals surface area contributed by atoms with E-state index in [9.17, 15) is 9.90 Å². The van der Waals surface area contributed by atoms with E-state index in [2.05, 4.69) is 15.3 Å². The number of benzene rings is 1. The molecule has 1 rings (SSSR count). The number of aliphatic hydroxyl groups excluding tert-OH is 1. The Morgan fingerprint density at radius 2 is 2.00 bits per heavy atom. The lowest BCUT2D eigenvalue weighted by atomic mass is 9.97. The van der Waals surface area contributed by atoms with Gasteiger partial charge in [-0.25, -0.2) is 4.79 Å². The van der Waals surface area contributed by atoms with Crippen molar-refractivity contribution in [1.82, 2.24) is 5.32 Å². The second kappa shape index (κ2) is 8.41. The van der Waals surface area contributed by atoms with Gasteiger partial charge in [0.2, 0.25) is 0 Å². The molecule has 0 unspecified atom stereocenters. The zero-order valence-electron chi connectivity index (χ0n) is 13.9. The Bertz CT molecular complexity index is 550. The van der Waals surface area contributed by atoms with E-state index in [4.69, 9.17) is 10.3 Å².